The summed E-state index contributed by atoms with van der Waals surface area (Å²) < 4.78 is 0. The summed E-state index contributed by atoms with van der Waals surface area (Å²) in [4.78, 5) is 2.43. The molecular formula is C12H25N3. The zero-order valence-electron chi connectivity index (χ0n) is 9.97. The van der Waals surface area contributed by atoms with E-state index in [1.165, 1.54) is 51.7 Å². The highest BCUT2D eigenvalue weighted by Crippen LogP contribution is 2.17. The van der Waals surface area contributed by atoms with Crippen LogP contribution < -0.4 is 10.6 Å². The van der Waals surface area contributed by atoms with Crippen LogP contribution in [0.1, 0.15) is 32.1 Å². The maximum atomic E-state index is 3.69. The van der Waals surface area contributed by atoms with Gasteiger partial charge in [-0.25, -0.2) is 0 Å². The molecule has 1 saturated carbocycles. The molecule has 0 spiro atoms. The lowest BCUT2D eigenvalue weighted by atomic mass is 10.1. The number of nitrogens with one attached hydrogen (secondary N) is 2. The Morgan fingerprint density at radius 1 is 1.33 bits per heavy atom. The number of nitrogens with zero attached hydrogens (tertiary/aromatic N) is 1. The standard InChI is InChI=1S/C12H25N3/c1-15-9-8-14-12(10-15)6-7-13-11-4-2-3-5-11/h11-14H,2-10H2,1H3. The molecule has 1 unspecified atom stereocenters. The largest absolute Gasteiger partial charge is 0.314 e. The van der Waals surface area contributed by atoms with Crippen molar-refractivity contribution in [2.45, 2.75) is 44.2 Å². The van der Waals surface area contributed by atoms with Gasteiger partial charge in [0.15, 0.2) is 0 Å². The Bertz CT molecular complexity index is 178. The second-order valence-electron chi connectivity index (χ2n) is 5.14. The number of likely N-dealkylation sites (N-methyl/N-ethyl adjacent to an activating group) is 1. The van der Waals surface area contributed by atoms with E-state index in [1.54, 1.807) is 0 Å². The van der Waals surface area contributed by atoms with E-state index in [0.717, 1.165) is 12.6 Å². The summed E-state index contributed by atoms with van der Waals surface area (Å²) in [5, 5.41) is 7.28. The Balaban J connectivity index is 1.56. The molecule has 2 aliphatic rings. The summed E-state index contributed by atoms with van der Waals surface area (Å²) in [6, 6.07) is 1.53. The van der Waals surface area contributed by atoms with Crippen LogP contribution in [0.5, 0.6) is 0 Å². The van der Waals surface area contributed by atoms with Crippen LogP contribution in [0.2, 0.25) is 0 Å². The first kappa shape index (κ1) is 11.4. The summed E-state index contributed by atoms with van der Waals surface area (Å²) in [5.74, 6) is 0. The molecule has 3 heteroatoms. The fourth-order valence-electron chi connectivity index (χ4n) is 2.78. The first-order valence-corrected chi connectivity index (χ1v) is 6.50. The highest BCUT2D eigenvalue weighted by atomic mass is 15.2. The quantitative estimate of drug-likeness (QED) is 0.721. The van der Waals surface area contributed by atoms with E-state index in [1.807, 2.05) is 0 Å². The third kappa shape index (κ3) is 3.74. The van der Waals surface area contributed by atoms with E-state index < -0.39 is 0 Å². The normalized spacial score (nSPS) is 29.8. The van der Waals surface area contributed by atoms with Gasteiger partial charge < -0.3 is 15.5 Å². The fourth-order valence-corrected chi connectivity index (χ4v) is 2.78. The number of hydrogen-bond acceptors (Lipinski definition) is 3. The van der Waals surface area contributed by atoms with Crippen LogP contribution in [0.3, 0.4) is 0 Å². The predicted molar refractivity (Wildman–Crippen MR) is 64.2 cm³/mol. The van der Waals surface area contributed by atoms with Crippen LogP contribution in [-0.4, -0.2) is 50.2 Å². The van der Waals surface area contributed by atoms with Crippen molar-refractivity contribution in [1.29, 1.82) is 0 Å². The Morgan fingerprint density at radius 3 is 2.87 bits per heavy atom. The molecule has 0 aromatic heterocycles. The monoisotopic (exact) mass is 211 g/mol. The van der Waals surface area contributed by atoms with E-state index >= 15 is 0 Å². The van der Waals surface area contributed by atoms with Crippen molar-refractivity contribution in [2.24, 2.45) is 0 Å². The van der Waals surface area contributed by atoms with E-state index in [4.69, 9.17) is 0 Å². The van der Waals surface area contributed by atoms with Gasteiger partial charge in [-0.1, -0.05) is 12.8 Å². The summed E-state index contributed by atoms with van der Waals surface area (Å²) >= 11 is 0. The third-order valence-electron chi connectivity index (χ3n) is 3.74. The van der Waals surface area contributed by atoms with Gasteiger partial charge in [-0.15, -0.1) is 0 Å². The number of hydrogen-bond donors (Lipinski definition) is 2. The molecule has 1 saturated heterocycles. The van der Waals surface area contributed by atoms with Crippen molar-refractivity contribution in [3.8, 4) is 0 Å². The molecule has 2 N–H and O–H groups in total. The summed E-state index contributed by atoms with van der Waals surface area (Å²) in [7, 11) is 2.22. The van der Waals surface area contributed by atoms with Gasteiger partial charge in [0.05, 0.1) is 0 Å². The minimum absolute atomic E-state index is 0.706. The van der Waals surface area contributed by atoms with Gasteiger partial charge >= 0.3 is 0 Å². The van der Waals surface area contributed by atoms with Gasteiger partial charge in [0, 0.05) is 31.7 Å². The molecule has 3 nitrogen and oxygen atoms in total. The van der Waals surface area contributed by atoms with Crippen LogP contribution >= 0.6 is 0 Å². The maximum Gasteiger partial charge on any atom is 0.0207 e. The Labute approximate surface area is 93.6 Å². The lowest BCUT2D eigenvalue weighted by Crippen LogP contribution is -2.50. The maximum absolute atomic E-state index is 3.69. The molecule has 0 aromatic rings. The van der Waals surface area contributed by atoms with Gasteiger partial charge in [0.2, 0.25) is 0 Å². The zero-order chi connectivity index (χ0) is 10.5. The smallest absolute Gasteiger partial charge is 0.0207 e. The molecule has 0 bridgehead atoms. The van der Waals surface area contributed by atoms with Crippen LogP contribution in [0.4, 0.5) is 0 Å². The van der Waals surface area contributed by atoms with Crippen LogP contribution in [0, 0.1) is 0 Å². The Hall–Kier alpha value is -0.120. The van der Waals surface area contributed by atoms with Crippen molar-refractivity contribution in [2.75, 3.05) is 33.2 Å². The lowest BCUT2D eigenvalue weighted by molar-refractivity contribution is 0.230. The second-order valence-corrected chi connectivity index (χ2v) is 5.14. The first-order chi connectivity index (χ1) is 7.34. The average Bonchev–Trinajstić information content (AvgIpc) is 2.71. The van der Waals surface area contributed by atoms with Crippen molar-refractivity contribution in [1.82, 2.24) is 15.5 Å². The van der Waals surface area contributed by atoms with Crippen LogP contribution in [-0.2, 0) is 0 Å². The average molecular weight is 211 g/mol. The predicted octanol–water partition coefficient (Wildman–Crippen LogP) is 0.812. The molecule has 2 rings (SSSR count). The van der Waals surface area contributed by atoms with Gasteiger partial charge in [0.1, 0.15) is 0 Å². The molecule has 88 valence electrons. The topological polar surface area (TPSA) is 27.3 Å². The fraction of sp³-hybridized carbons (Fsp3) is 1.00. The molecule has 0 radical (unpaired) electrons. The molecule has 0 aromatic carbocycles. The first-order valence-electron chi connectivity index (χ1n) is 6.50. The molecule has 1 heterocycles. The summed E-state index contributed by atoms with van der Waals surface area (Å²) in [6.45, 7) is 4.76. The number of rotatable bonds is 4. The minimum Gasteiger partial charge on any atom is -0.314 e. The molecule has 15 heavy (non-hydrogen) atoms. The van der Waals surface area contributed by atoms with Crippen LogP contribution in [0.25, 0.3) is 0 Å². The van der Waals surface area contributed by atoms with Crippen LogP contribution in [0.15, 0.2) is 0 Å². The highest BCUT2D eigenvalue weighted by molar-refractivity contribution is 4.79. The molecule has 1 aliphatic heterocycles. The Kier molecular flexibility index (Phi) is 4.42. The Morgan fingerprint density at radius 2 is 2.13 bits per heavy atom. The van der Waals surface area contributed by atoms with E-state index in [2.05, 4.69) is 22.6 Å². The van der Waals surface area contributed by atoms with Gasteiger partial charge in [0.25, 0.3) is 0 Å². The van der Waals surface area contributed by atoms with E-state index in [0.29, 0.717) is 6.04 Å². The minimum atomic E-state index is 0.706. The summed E-state index contributed by atoms with van der Waals surface area (Å²) in [6.07, 6.45) is 6.95. The zero-order valence-corrected chi connectivity index (χ0v) is 9.97. The van der Waals surface area contributed by atoms with Gasteiger partial charge in [-0.05, 0) is 32.9 Å². The summed E-state index contributed by atoms with van der Waals surface area (Å²) in [5.41, 5.74) is 0. The third-order valence-corrected chi connectivity index (χ3v) is 3.74. The molecule has 1 aliphatic carbocycles. The number of piperazine rings is 1. The molecule has 0 amide bonds. The van der Waals surface area contributed by atoms with Gasteiger partial charge in [-0.2, -0.15) is 0 Å². The molecule has 2 fully saturated rings. The molecule has 1 atom stereocenters. The van der Waals surface area contributed by atoms with E-state index in [9.17, 15) is 0 Å². The van der Waals surface area contributed by atoms with Gasteiger partial charge in [-0.3, -0.25) is 0 Å². The van der Waals surface area contributed by atoms with Crippen molar-refractivity contribution < 1.29 is 0 Å². The van der Waals surface area contributed by atoms with Crippen molar-refractivity contribution >= 4 is 0 Å². The highest BCUT2D eigenvalue weighted by Gasteiger charge is 2.17. The molecular weight excluding hydrogens is 186 g/mol. The SMILES string of the molecule is CN1CCNC(CCNC2CCCC2)C1. The van der Waals surface area contributed by atoms with E-state index in [-0.39, 0.29) is 0 Å². The lowest BCUT2D eigenvalue weighted by Gasteiger charge is -2.31. The van der Waals surface area contributed by atoms with Crippen molar-refractivity contribution in [3.05, 3.63) is 0 Å². The second kappa shape index (κ2) is 5.83. The van der Waals surface area contributed by atoms with Crippen molar-refractivity contribution in [3.63, 3.8) is 0 Å².